The Morgan fingerprint density at radius 3 is 2.57 bits per heavy atom. The van der Waals surface area contributed by atoms with Gasteiger partial charge in [-0.25, -0.2) is 0 Å². The monoisotopic (exact) mass is 192 g/mol. The van der Waals surface area contributed by atoms with Crippen LogP contribution in [0.1, 0.15) is 29.8 Å². The molecule has 14 heavy (non-hydrogen) atoms. The number of carbonyl (C=O) groups is 1. The van der Waals surface area contributed by atoms with E-state index in [4.69, 9.17) is 0 Å². The Morgan fingerprint density at radius 1 is 1.43 bits per heavy atom. The highest BCUT2D eigenvalue weighted by Gasteiger charge is 2.26. The number of hydrogen-bond donors (Lipinski definition) is 1. The first-order valence-electron chi connectivity index (χ1n) is 4.63. The van der Waals surface area contributed by atoms with Gasteiger partial charge < -0.3 is 5.32 Å². The highest BCUT2D eigenvalue weighted by atomic mass is 16.1. The zero-order valence-electron chi connectivity index (χ0n) is 9.09. The lowest BCUT2D eigenvalue weighted by molar-refractivity contribution is 0.0889. The Labute approximate surface area is 84.6 Å². The summed E-state index contributed by atoms with van der Waals surface area (Å²) >= 11 is 0. The molecular weight excluding hydrogens is 176 g/mol. The number of likely N-dealkylation sites (N-methyl/N-ethyl adjacent to an activating group) is 1. The normalized spacial score (nSPS) is 11.4. The molecule has 0 aliphatic rings. The van der Waals surface area contributed by atoms with Crippen molar-refractivity contribution in [2.24, 2.45) is 0 Å². The van der Waals surface area contributed by atoms with Crippen LogP contribution >= 0.6 is 0 Å². The first kappa shape index (κ1) is 10.9. The molecule has 0 aliphatic carbocycles. The summed E-state index contributed by atoms with van der Waals surface area (Å²) in [6.45, 7) is 5.64. The maximum absolute atomic E-state index is 11.9. The van der Waals surface area contributed by atoms with E-state index < -0.39 is 5.54 Å². The summed E-state index contributed by atoms with van der Waals surface area (Å²) in [6, 6.07) is 1.86. The van der Waals surface area contributed by atoms with Gasteiger partial charge in [0.05, 0.1) is 5.54 Å². The molecule has 0 saturated heterocycles. The Hall–Kier alpha value is -1.22. The van der Waals surface area contributed by atoms with Crippen LogP contribution < -0.4 is 5.32 Å². The van der Waals surface area contributed by atoms with E-state index in [9.17, 15) is 4.79 Å². The Bertz CT molecular complexity index is 345. The fourth-order valence-electron chi connectivity index (χ4n) is 1.15. The number of hydrogen-bond acceptors (Lipinski definition) is 3. The molecule has 76 valence electrons. The lowest BCUT2D eigenvalue weighted by Crippen LogP contribution is -2.44. The topological polar surface area (TPSA) is 42.0 Å². The van der Waals surface area contributed by atoms with Gasteiger partial charge in [0.15, 0.2) is 5.78 Å². The number of pyridine rings is 1. The van der Waals surface area contributed by atoms with E-state index in [0.717, 1.165) is 5.56 Å². The zero-order valence-corrected chi connectivity index (χ0v) is 9.09. The van der Waals surface area contributed by atoms with Crippen LogP contribution in [0.2, 0.25) is 0 Å². The van der Waals surface area contributed by atoms with Crippen LogP contribution in [0.5, 0.6) is 0 Å². The molecule has 0 bridgehead atoms. The maximum atomic E-state index is 11.9. The van der Waals surface area contributed by atoms with Crippen LogP contribution in [0, 0.1) is 6.92 Å². The van der Waals surface area contributed by atoms with Crippen molar-refractivity contribution in [2.75, 3.05) is 7.05 Å². The molecule has 1 heterocycles. The molecule has 3 heteroatoms. The first-order chi connectivity index (χ1) is 6.47. The summed E-state index contributed by atoms with van der Waals surface area (Å²) in [7, 11) is 1.78. The lowest BCUT2D eigenvalue weighted by Gasteiger charge is -2.22. The second kappa shape index (κ2) is 3.88. The maximum Gasteiger partial charge on any atom is 0.183 e. The largest absolute Gasteiger partial charge is 0.308 e. The van der Waals surface area contributed by atoms with E-state index in [0.29, 0.717) is 5.56 Å². The number of aromatic nitrogens is 1. The predicted octanol–water partition coefficient (Wildman–Crippen LogP) is 1.57. The highest BCUT2D eigenvalue weighted by Crippen LogP contribution is 2.12. The lowest BCUT2D eigenvalue weighted by atomic mass is 9.94. The number of nitrogens with one attached hydrogen (secondary N) is 1. The summed E-state index contributed by atoms with van der Waals surface area (Å²) in [4.78, 5) is 16.0. The van der Waals surface area contributed by atoms with Crippen LogP contribution in [0.4, 0.5) is 0 Å². The molecular formula is C11H16N2O. The molecule has 0 atom stereocenters. The fourth-order valence-corrected chi connectivity index (χ4v) is 1.15. The zero-order chi connectivity index (χ0) is 10.8. The fraction of sp³-hybridized carbons (Fsp3) is 0.455. The van der Waals surface area contributed by atoms with Gasteiger partial charge in [0.1, 0.15) is 0 Å². The van der Waals surface area contributed by atoms with Gasteiger partial charge in [-0.3, -0.25) is 9.78 Å². The van der Waals surface area contributed by atoms with Gasteiger partial charge in [-0.05, 0) is 39.4 Å². The quantitative estimate of drug-likeness (QED) is 0.739. The highest BCUT2D eigenvalue weighted by molar-refractivity contribution is 6.02. The second-order valence-corrected chi connectivity index (χ2v) is 3.96. The molecule has 0 aromatic carbocycles. The van der Waals surface area contributed by atoms with Crippen molar-refractivity contribution in [3.8, 4) is 0 Å². The van der Waals surface area contributed by atoms with E-state index in [1.54, 1.807) is 19.4 Å². The summed E-state index contributed by atoms with van der Waals surface area (Å²) < 4.78 is 0. The van der Waals surface area contributed by atoms with Gasteiger partial charge in [0.25, 0.3) is 0 Å². The van der Waals surface area contributed by atoms with Crippen LogP contribution in [0.15, 0.2) is 18.5 Å². The molecule has 1 N–H and O–H groups in total. The molecule has 0 amide bonds. The molecule has 3 nitrogen and oxygen atoms in total. The van der Waals surface area contributed by atoms with Crippen LogP contribution in [0.3, 0.4) is 0 Å². The van der Waals surface area contributed by atoms with Crippen molar-refractivity contribution in [2.45, 2.75) is 26.3 Å². The number of aryl methyl sites for hydroxylation is 1. The standard InChI is InChI=1S/C11H16N2O/c1-8-5-9(7-13-6-8)10(14)11(2,3)12-4/h5-7,12H,1-4H3. The van der Waals surface area contributed by atoms with Crippen LogP contribution in [-0.4, -0.2) is 23.4 Å². The van der Waals surface area contributed by atoms with Crippen molar-refractivity contribution in [3.05, 3.63) is 29.6 Å². The van der Waals surface area contributed by atoms with E-state index in [2.05, 4.69) is 10.3 Å². The minimum atomic E-state index is -0.532. The molecule has 0 saturated carbocycles. The summed E-state index contributed by atoms with van der Waals surface area (Å²) in [6.07, 6.45) is 3.34. The van der Waals surface area contributed by atoms with Crippen molar-refractivity contribution in [1.82, 2.24) is 10.3 Å². The Balaban J connectivity index is 3.01. The second-order valence-electron chi connectivity index (χ2n) is 3.96. The van der Waals surface area contributed by atoms with Gasteiger partial charge >= 0.3 is 0 Å². The van der Waals surface area contributed by atoms with E-state index in [-0.39, 0.29) is 5.78 Å². The molecule has 1 aromatic heterocycles. The van der Waals surface area contributed by atoms with Gasteiger partial charge in [-0.2, -0.15) is 0 Å². The first-order valence-corrected chi connectivity index (χ1v) is 4.63. The van der Waals surface area contributed by atoms with Crippen LogP contribution in [0.25, 0.3) is 0 Å². The van der Waals surface area contributed by atoms with Gasteiger partial charge in [-0.1, -0.05) is 0 Å². The summed E-state index contributed by atoms with van der Waals surface area (Å²) in [5.41, 5.74) is 1.13. The van der Waals surface area contributed by atoms with E-state index in [1.165, 1.54) is 0 Å². The third-order valence-corrected chi connectivity index (χ3v) is 2.33. The number of carbonyl (C=O) groups excluding carboxylic acids is 1. The van der Waals surface area contributed by atoms with Gasteiger partial charge in [0.2, 0.25) is 0 Å². The SMILES string of the molecule is CNC(C)(C)C(=O)c1cncc(C)c1. The Morgan fingerprint density at radius 2 is 2.07 bits per heavy atom. The average Bonchev–Trinajstić information content (AvgIpc) is 2.16. The summed E-state index contributed by atoms with van der Waals surface area (Å²) in [5, 5.41) is 2.98. The minimum absolute atomic E-state index is 0.0659. The average molecular weight is 192 g/mol. The number of rotatable bonds is 3. The van der Waals surface area contributed by atoms with Crippen molar-refractivity contribution in [1.29, 1.82) is 0 Å². The smallest absolute Gasteiger partial charge is 0.183 e. The molecule has 0 unspecified atom stereocenters. The predicted molar refractivity (Wildman–Crippen MR) is 56.4 cm³/mol. The number of nitrogens with zero attached hydrogens (tertiary/aromatic N) is 1. The molecule has 0 aliphatic heterocycles. The van der Waals surface area contributed by atoms with Crippen molar-refractivity contribution >= 4 is 5.78 Å². The van der Waals surface area contributed by atoms with E-state index in [1.807, 2.05) is 26.8 Å². The summed E-state index contributed by atoms with van der Waals surface area (Å²) in [5.74, 6) is 0.0659. The third-order valence-electron chi connectivity index (χ3n) is 2.33. The Kier molecular flexibility index (Phi) is 3.01. The van der Waals surface area contributed by atoms with Gasteiger partial charge in [0, 0.05) is 18.0 Å². The van der Waals surface area contributed by atoms with Crippen molar-refractivity contribution < 1.29 is 4.79 Å². The number of Topliss-reactive ketones (excluding diaryl/α,β-unsaturated/α-hetero) is 1. The minimum Gasteiger partial charge on any atom is -0.308 e. The van der Waals surface area contributed by atoms with Crippen LogP contribution in [-0.2, 0) is 0 Å². The van der Waals surface area contributed by atoms with Crippen molar-refractivity contribution in [3.63, 3.8) is 0 Å². The third kappa shape index (κ3) is 2.17. The molecule has 1 rings (SSSR count). The molecule has 0 spiro atoms. The van der Waals surface area contributed by atoms with E-state index >= 15 is 0 Å². The van der Waals surface area contributed by atoms with Gasteiger partial charge in [-0.15, -0.1) is 0 Å². The molecule has 0 fully saturated rings. The number of ketones is 1. The molecule has 0 radical (unpaired) electrons. The molecule has 1 aromatic rings.